The van der Waals surface area contributed by atoms with Crippen molar-refractivity contribution >= 4 is 18.9 Å². The summed E-state index contributed by atoms with van der Waals surface area (Å²) in [5.74, 6) is -1.05. The number of hydrogen-bond donors (Lipinski definition) is 2. The third-order valence-electron chi connectivity index (χ3n) is 2.92. The maximum absolute atomic E-state index is 11.2. The molecule has 0 aliphatic carbocycles. The van der Waals surface area contributed by atoms with Gasteiger partial charge in [0.25, 0.3) is 12.9 Å². The minimum atomic E-state index is -1.43. The fourth-order valence-electron chi connectivity index (χ4n) is 2.13. The zero-order valence-electron chi connectivity index (χ0n) is 11.1. The molecule has 9 nitrogen and oxygen atoms in total. The Bertz CT molecular complexity index is 349. The van der Waals surface area contributed by atoms with E-state index < -0.39 is 36.6 Å². The lowest BCUT2D eigenvalue weighted by Gasteiger charge is -2.42. The van der Waals surface area contributed by atoms with Crippen LogP contribution in [0.25, 0.3) is 0 Å². The molecule has 0 saturated carbocycles. The molecule has 114 valence electrons. The summed E-state index contributed by atoms with van der Waals surface area (Å²) in [6.45, 7) is 1.50. The molecule has 1 aliphatic rings. The monoisotopic (exact) mass is 291 g/mol. The first-order valence-corrected chi connectivity index (χ1v) is 5.83. The van der Waals surface area contributed by atoms with Gasteiger partial charge in [-0.2, -0.15) is 0 Å². The summed E-state index contributed by atoms with van der Waals surface area (Å²) in [5, 5.41) is 12.3. The third kappa shape index (κ3) is 3.89. The number of methoxy groups -OCH3 is 1. The van der Waals surface area contributed by atoms with E-state index in [0.29, 0.717) is 0 Å². The lowest BCUT2D eigenvalue weighted by atomic mass is 9.90. The van der Waals surface area contributed by atoms with Gasteiger partial charge in [-0.3, -0.25) is 14.4 Å². The highest BCUT2D eigenvalue weighted by Gasteiger charge is 2.47. The summed E-state index contributed by atoms with van der Waals surface area (Å²) in [4.78, 5) is 31.9. The van der Waals surface area contributed by atoms with Crippen LogP contribution in [0.3, 0.4) is 0 Å². The van der Waals surface area contributed by atoms with E-state index in [2.05, 4.69) is 14.8 Å². The molecule has 0 aromatic rings. The van der Waals surface area contributed by atoms with E-state index in [9.17, 15) is 19.5 Å². The molecule has 1 fully saturated rings. The largest absolute Gasteiger partial charge is 0.467 e. The van der Waals surface area contributed by atoms with Gasteiger partial charge in [0.15, 0.2) is 6.29 Å². The summed E-state index contributed by atoms with van der Waals surface area (Å²) in [6.07, 6.45) is -3.42. The molecular weight excluding hydrogens is 274 g/mol. The third-order valence-corrected chi connectivity index (χ3v) is 2.92. The molecule has 1 rings (SSSR count). The standard InChI is InChI=1S/C11H17NO8/c1-6(15)12-8-7(3-18-4-13)9(17-2)11(19-5-14)20-10(8)16/h4-5,7-11,16H,3H2,1-2H3,(H,12,15)/t7-,8?,9+,10?,11?/m1/s1. The van der Waals surface area contributed by atoms with Gasteiger partial charge < -0.3 is 29.4 Å². The number of amides is 1. The van der Waals surface area contributed by atoms with Crippen LogP contribution in [0.5, 0.6) is 0 Å². The van der Waals surface area contributed by atoms with Gasteiger partial charge in [-0.15, -0.1) is 0 Å². The van der Waals surface area contributed by atoms with Crippen molar-refractivity contribution in [2.45, 2.75) is 31.6 Å². The van der Waals surface area contributed by atoms with Crippen molar-refractivity contribution in [2.75, 3.05) is 13.7 Å². The molecule has 20 heavy (non-hydrogen) atoms. The van der Waals surface area contributed by atoms with E-state index >= 15 is 0 Å². The predicted molar refractivity (Wildman–Crippen MR) is 61.9 cm³/mol. The number of carbonyl (C=O) groups excluding carboxylic acids is 3. The van der Waals surface area contributed by atoms with E-state index in [0.717, 1.165) is 0 Å². The van der Waals surface area contributed by atoms with Crippen molar-refractivity contribution in [3.63, 3.8) is 0 Å². The molecule has 5 atom stereocenters. The van der Waals surface area contributed by atoms with Gasteiger partial charge in [0.2, 0.25) is 12.2 Å². The van der Waals surface area contributed by atoms with Crippen LogP contribution < -0.4 is 5.32 Å². The number of aliphatic hydroxyl groups excluding tert-OH is 1. The maximum atomic E-state index is 11.2. The van der Waals surface area contributed by atoms with Crippen molar-refractivity contribution in [1.29, 1.82) is 0 Å². The lowest BCUT2D eigenvalue weighted by molar-refractivity contribution is -0.302. The van der Waals surface area contributed by atoms with Crippen LogP contribution in [-0.4, -0.2) is 62.4 Å². The number of nitrogens with one attached hydrogen (secondary N) is 1. The van der Waals surface area contributed by atoms with Gasteiger partial charge in [-0.05, 0) is 0 Å². The first-order valence-electron chi connectivity index (χ1n) is 5.83. The molecular formula is C11H17NO8. The number of ether oxygens (including phenoxy) is 4. The molecule has 1 saturated heterocycles. The smallest absolute Gasteiger partial charge is 0.295 e. The zero-order valence-corrected chi connectivity index (χ0v) is 11.1. The second-order valence-electron chi connectivity index (χ2n) is 4.15. The van der Waals surface area contributed by atoms with Crippen LogP contribution in [0.15, 0.2) is 0 Å². The molecule has 0 bridgehead atoms. The maximum Gasteiger partial charge on any atom is 0.295 e. The second-order valence-corrected chi connectivity index (χ2v) is 4.15. The van der Waals surface area contributed by atoms with Crippen LogP contribution in [0.2, 0.25) is 0 Å². The van der Waals surface area contributed by atoms with Crippen LogP contribution >= 0.6 is 0 Å². The number of rotatable bonds is 7. The topological polar surface area (TPSA) is 120 Å². The normalized spacial score (nSPS) is 33.0. The van der Waals surface area contributed by atoms with Gasteiger partial charge in [0.05, 0.1) is 18.6 Å². The van der Waals surface area contributed by atoms with Crippen molar-refractivity contribution in [2.24, 2.45) is 5.92 Å². The van der Waals surface area contributed by atoms with Crippen molar-refractivity contribution in [3.8, 4) is 0 Å². The lowest BCUT2D eigenvalue weighted by Crippen LogP contribution is -2.62. The minimum Gasteiger partial charge on any atom is -0.467 e. The Morgan fingerprint density at radius 3 is 2.60 bits per heavy atom. The molecule has 2 N–H and O–H groups in total. The summed E-state index contributed by atoms with van der Waals surface area (Å²) < 4.78 is 19.6. The van der Waals surface area contributed by atoms with E-state index in [-0.39, 0.29) is 19.6 Å². The fraction of sp³-hybridized carbons (Fsp3) is 0.727. The molecule has 1 aliphatic heterocycles. The summed E-state index contributed by atoms with van der Waals surface area (Å²) in [7, 11) is 1.34. The second kappa shape index (κ2) is 7.78. The SMILES string of the molecule is CO[C@@H]1C(OC=O)OC(O)C(NC(C)=O)[C@H]1COC=O. The fourth-order valence-corrected chi connectivity index (χ4v) is 2.13. The molecule has 9 heteroatoms. The van der Waals surface area contributed by atoms with Crippen molar-refractivity contribution in [3.05, 3.63) is 0 Å². The predicted octanol–water partition coefficient (Wildman–Crippen LogP) is -1.86. The molecule has 0 aromatic carbocycles. The van der Waals surface area contributed by atoms with Crippen LogP contribution in [0.1, 0.15) is 6.92 Å². The Labute approximate surface area is 115 Å². The van der Waals surface area contributed by atoms with Crippen molar-refractivity contribution in [1.82, 2.24) is 5.32 Å². The first-order chi connectivity index (χ1) is 9.54. The van der Waals surface area contributed by atoms with E-state index in [1.807, 2.05) is 0 Å². The van der Waals surface area contributed by atoms with E-state index in [1.54, 1.807) is 0 Å². The van der Waals surface area contributed by atoms with Gasteiger partial charge in [0.1, 0.15) is 6.10 Å². The Morgan fingerprint density at radius 1 is 1.40 bits per heavy atom. The zero-order chi connectivity index (χ0) is 15.1. The van der Waals surface area contributed by atoms with E-state index in [4.69, 9.17) is 9.47 Å². The van der Waals surface area contributed by atoms with Gasteiger partial charge in [-0.25, -0.2) is 0 Å². The van der Waals surface area contributed by atoms with Crippen molar-refractivity contribution < 1.29 is 38.4 Å². The minimum absolute atomic E-state index is 0.147. The number of aliphatic hydroxyl groups is 1. The van der Waals surface area contributed by atoms with Crippen LogP contribution in [0, 0.1) is 5.92 Å². The van der Waals surface area contributed by atoms with Crippen LogP contribution in [0.4, 0.5) is 0 Å². The summed E-state index contributed by atoms with van der Waals surface area (Å²) in [5.41, 5.74) is 0. The van der Waals surface area contributed by atoms with Crippen LogP contribution in [-0.2, 0) is 33.3 Å². The summed E-state index contributed by atoms with van der Waals surface area (Å²) in [6, 6.07) is -0.871. The average molecular weight is 291 g/mol. The average Bonchev–Trinajstić information content (AvgIpc) is 2.39. The number of hydrogen-bond acceptors (Lipinski definition) is 8. The van der Waals surface area contributed by atoms with Gasteiger partial charge in [-0.1, -0.05) is 0 Å². The van der Waals surface area contributed by atoms with E-state index in [1.165, 1.54) is 14.0 Å². The highest BCUT2D eigenvalue weighted by molar-refractivity contribution is 5.73. The Kier molecular flexibility index (Phi) is 6.36. The highest BCUT2D eigenvalue weighted by atomic mass is 16.8. The first kappa shape index (κ1) is 16.3. The quantitative estimate of drug-likeness (QED) is 0.524. The molecule has 3 unspecified atom stereocenters. The number of carbonyl (C=O) groups is 3. The Morgan fingerprint density at radius 2 is 2.10 bits per heavy atom. The molecule has 0 spiro atoms. The molecule has 1 amide bonds. The highest BCUT2D eigenvalue weighted by Crippen LogP contribution is 2.28. The Hall–Kier alpha value is -1.71. The van der Waals surface area contributed by atoms with Gasteiger partial charge in [0, 0.05) is 14.0 Å². The molecule has 0 aromatic heterocycles. The summed E-state index contributed by atoms with van der Waals surface area (Å²) >= 11 is 0. The Balaban J connectivity index is 2.94. The molecule has 0 radical (unpaired) electrons. The van der Waals surface area contributed by atoms with Gasteiger partial charge >= 0.3 is 0 Å². The molecule has 1 heterocycles.